The maximum Gasteiger partial charge on any atom is 0.318 e. The maximum absolute atomic E-state index is 12.6. The highest BCUT2D eigenvalue weighted by Gasteiger charge is 2.15. The minimum atomic E-state index is -0.108. The van der Waals surface area contributed by atoms with E-state index in [1.54, 1.807) is 22.5 Å². The van der Waals surface area contributed by atoms with Gasteiger partial charge in [-0.15, -0.1) is 11.3 Å². The first-order valence-corrected chi connectivity index (χ1v) is 9.28. The normalized spacial score (nSPS) is 10.6. The number of halogens is 1. The summed E-state index contributed by atoms with van der Waals surface area (Å²) in [6.07, 6.45) is 2.45. The molecule has 25 heavy (non-hydrogen) atoms. The van der Waals surface area contributed by atoms with E-state index in [1.807, 2.05) is 47.8 Å². The van der Waals surface area contributed by atoms with Crippen LogP contribution in [0.1, 0.15) is 16.2 Å². The van der Waals surface area contributed by atoms with Crippen molar-refractivity contribution in [3.05, 3.63) is 81.4 Å². The Kier molecular flexibility index (Phi) is 6.14. The molecule has 6 heteroatoms. The number of thiophene rings is 1. The molecular formula is C19H19ClN2O2S. The molecule has 0 saturated carbocycles. The molecule has 2 aromatic heterocycles. The van der Waals surface area contributed by atoms with Crippen LogP contribution in [0.4, 0.5) is 4.79 Å². The average molecular weight is 375 g/mol. The fourth-order valence-electron chi connectivity index (χ4n) is 2.43. The van der Waals surface area contributed by atoms with Gasteiger partial charge in [-0.3, -0.25) is 0 Å². The predicted molar refractivity (Wildman–Crippen MR) is 101 cm³/mol. The first kappa shape index (κ1) is 17.6. The molecule has 0 saturated heterocycles. The highest BCUT2D eigenvalue weighted by molar-refractivity contribution is 7.09. The molecule has 3 rings (SSSR count). The predicted octanol–water partition coefficient (Wildman–Crippen LogP) is 4.95. The third kappa shape index (κ3) is 5.37. The molecular weight excluding hydrogens is 356 g/mol. The molecule has 0 radical (unpaired) electrons. The number of carbonyl (C=O) groups excluding carboxylic acids is 1. The minimum absolute atomic E-state index is 0.108. The molecule has 0 spiro atoms. The van der Waals surface area contributed by atoms with Crippen LogP contribution in [-0.2, 0) is 19.5 Å². The van der Waals surface area contributed by atoms with Gasteiger partial charge in [-0.05, 0) is 47.7 Å². The van der Waals surface area contributed by atoms with E-state index in [0.717, 1.165) is 17.7 Å². The van der Waals surface area contributed by atoms with Gasteiger partial charge in [0.25, 0.3) is 0 Å². The second-order valence-corrected chi connectivity index (χ2v) is 7.08. The summed E-state index contributed by atoms with van der Waals surface area (Å²) in [5.74, 6) is 0.771. The van der Waals surface area contributed by atoms with Gasteiger partial charge in [0, 0.05) is 23.0 Å². The van der Waals surface area contributed by atoms with E-state index < -0.39 is 0 Å². The molecule has 3 aromatic rings. The SMILES string of the molecule is O=C(NCc1ccc(Cl)cc1)N(CCc1cccs1)Cc1ccco1. The monoisotopic (exact) mass is 374 g/mol. The number of urea groups is 1. The molecule has 0 aliphatic rings. The Morgan fingerprint density at radius 1 is 1.16 bits per heavy atom. The van der Waals surface area contributed by atoms with Crippen LogP contribution in [0.5, 0.6) is 0 Å². The Morgan fingerprint density at radius 3 is 2.68 bits per heavy atom. The summed E-state index contributed by atoms with van der Waals surface area (Å²) in [6, 6.07) is 15.2. The Hall–Kier alpha value is -2.24. The van der Waals surface area contributed by atoms with Crippen molar-refractivity contribution in [2.24, 2.45) is 0 Å². The summed E-state index contributed by atoms with van der Waals surface area (Å²) in [7, 11) is 0. The summed E-state index contributed by atoms with van der Waals surface area (Å²) in [5.41, 5.74) is 1.01. The number of nitrogens with one attached hydrogen (secondary N) is 1. The minimum Gasteiger partial charge on any atom is -0.467 e. The first-order chi connectivity index (χ1) is 12.2. The van der Waals surface area contributed by atoms with E-state index in [9.17, 15) is 4.79 Å². The highest BCUT2D eigenvalue weighted by atomic mass is 35.5. The van der Waals surface area contributed by atoms with Crippen molar-refractivity contribution in [1.82, 2.24) is 10.2 Å². The number of carbonyl (C=O) groups is 1. The Labute approximate surface area is 156 Å². The zero-order valence-corrected chi connectivity index (χ0v) is 15.2. The maximum atomic E-state index is 12.6. The lowest BCUT2D eigenvalue weighted by atomic mass is 10.2. The van der Waals surface area contributed by atoms with Gasteiger partial charge in [-0.2, -0.15) is 0 Å². The third-order valence-corrected chi connectivity index (χ3v) is 4.97. The van der Waals surface area contributed by atoms with Gasteiger partial charge in [-0.25, -0.2) is 4.79 Å². The van der Waals surface area contributed by atoms with Gasteiger partial charge in [0.05, 0.1) is 12.8 Å². The zero-order chi connectivity index (χ0) is 17.5. The summed E-state index contributed by atoms with van der Waals surface area (Å²) < 4.78 is 5.39. The molecule has 1 aromatic carbocycles. The van der Waals surface area contributed by atoms with E-state index in [0.29, 0.717) is 24.7 Å². The Bertz CT molecular complexity index is 770. The number of amides is 2. The molecule has 0 unspecified atom stereocenters. The van der Waals surface area contributed by atoms with Crippen LogP contribution >= 0.6 is 22.9 Å². The lowest BCUT2D eigenvalue weighted by molar-refractivity contribution is 0.190. The summed E-state index contributed by atoms with van der Waals surface area (Å²) >= 11 is 7.59. The van der Waals surface area contributed by atoms with E-state index in [4.69, 9.17) is 16.0 Å². The van der Waals surface area contributed by atoms with Crippen molar-refractivity contribution < 1.29 is 9.21 Å². The van der Waals surface area contributed by atoms with Crippen molar-refractivity contribution in [3.63, 3.8) is 0 Å². The number of hydrogen-bond donors (Lipinski definition) is 1. The lowest BCUT2D eigenvalue weighted by Gasteiger charge is -2.22. The molecule has 130 valence electrons. The van der Waals surface area contributed by atoms with Crippen LogP contribution in [0, 0.1) is 0 Å². The molecule has 2 amide bonds. The van der Waals surface area contributed by atoms with Crippen molar-refractivity contribution >= 4 is 29.0 Å². The van der Waals surface area contributed by atoms with Gasteiger partial charge in [0.2, 0.25) is 0 Å². The van der Waals surface area contributed by atoms with Crippen molar-refractivity contribution in [3.8, 4) is 0 Å². The van der Waals surface area contributed by atoms with Crippen molar-refractivity contribution in [2.75, 3.05) is 6.54 Å². The van der Waals surface area contributed by atoms with Gasteiger partial charge in [0.1, 0.15) is 5.76 Å². The fraction of sp³-hybridized carbons (Fsp3) is 0.211. The summed E-state index contributed by atoms with van der Waals surface area (Å²) in [5, 5.41) is 5.70. The van der Waals surface area contributed by atoms with Gasteiger partial charge in [-0.1, -0.05) is 29.8 Å². The molecule has 4 nitrogen and oxygen atoms in total. The zero-order valence-electron chi connectivity index (χ0n) is 13.7. The fourth-order valence-corrected chi connectivity index (χ4v) is 3.26. The molecule has 0 atom stereocenters. The molecule has 1 N–H and O–H groups in total. The molecule has 2 heterocycles. The number of furan rings is 1. The summed E-state index contributed by atoms with van der Waals surface area (Å²) in [4.78, 5) is 15.7. The van der Waals surface area contributed by atoms with Gasteiger partial charge < -0.3 is 14.6 Å². The quantitative estimate of drug-likeness (QED) is 0.636. The van der Waals surface area contributed by atoms with E-state index in [-0.39, 0.29) is 6.03 Å². The van der Waals surface area contributed by atoms with Gasteiger partial charge in [0.15, 0.2) is 0 Å². The van der Waals surface area contributed by atoms with E-state index in [2.05, 4.69) is 11.4 Å². The smallest absolute Gasteiger partial charge is 0.318 e. The topological polar surface area (TPSA) is 45.5 Å². The highest BCUT2D eigenvalue weighted by Crippen LogP contribution is 2.13. The number of nitrogens with zero attached hydrogens (tertiary/aromatic N) is 1. The Balaban J connectivity index is 1.60. The number of hydrogen-bond acceptors (Lipinski definition) is 3. The second kappa shape index (κ2) is 8.74. The van der Waals surface area contributed by atoms with Gasteiger partial charge >= 0.3 is 6.03 Å². The van der Waals surface area contributed by atoms with Crippen LogP contribution in [0.2, 0.25) is 5.02 Å². The molecule has 0 fully saturated rings. The molecule has 0 bridgehead atoms. The Morgan fingerprint density at radius 2 is 2.00 bits per heavy atom. The second-order valence-electron chi connectivity index (χ2n) is 5.62. The number of benzene rings is 1. The standard InChI is InChI=1S/C19H19ClN2O2S/c20-16-7-5-15(6-8-16)13-21-19(23)22(14-17-3-1-11-24-17)10-9-18-4-2-12-25-18/h1-8,11-12H,9-10,13-14H2,(H,21,23). The van der Waals surface area contributed by atoms with Crippen LogP contribution in [-0.4, -0.2) is 17.5 Å². The summed E-state index contributed by atoms with van der Waals surface area (Å²) in [6.45, 7) is 1.54. The van der Waals surface area contributed by atoms with Crippen LogP contribution in [0.25, 0.3) is 0 Å². The number of rotatable bonds is 7. The van der Waals surface area contributed by atoms with Crippen molar-refractivity contribution in [1.29, 1.82) is 0 Å². The molecule has 0 aliphatic heterocycles. The van der Waals surface area contributed by atoms with Crippen LogP contribution < -0.4 is 5.32 Å². The average Bonchev–Trinajstić information content (AvgIpc) is 3.31. The van der Waals surface area contributed by atoms with Crippen LogP contribution in [0.3, 0.4) is 0 Å². The largest absolute Gasteiger partial charge is 0.467 e. The van der Waals surface area contributed by atoms with Crippen LogP contribution in [0.15, 0.2) is 64.6 Å². The lowest BCUT2D eigenvalue weighted by Crippen LogP contribution is -2.40. The first-order valence-electron chi connectivity index (χ1n) is 8.03. The molecule has 0 aliphatic carbocycles. The van der Waals surface area contributed by atoms with Crippen molar-refractivity contribution in [2.45, 2.75) is 19.5 Å². The van der Waals surface area contributed by atoms with E-state index >= 15 is 0 Å². The van der Waals surface area contributed by atoms with E-state index in [1.165, 1.54) is 4.88 Å². The third-order valence-electron chi connectivity index (χ3n) is 3.78.